The first-order valence-corrected chi connectivity index (χ1v) is 5.22. The van der Waals surface area contributed by atoms with E-state index in [4.69, 9.17) is 0 Å². The number of halogens is 1. The van der Waals surface area contributed by atoms with E-state index >= 15 is 0 Å². The molecule has 15 heavy (non-hydrogen) atoms. The Morgan fingerprint density at radius 1 is 1.27 bits per heavy atom. The fraction of sp³-hybridized carbons (Fsp3) is 0.500. The summed E-state index contributed by atoms with van der Waals surface area (Å²) in [6, 6.07) is 4.19. The van der Waals surface area contributed by atoms with Crippen LogP contribution in [-0.2, 0) is 0 Å². The molecule has 1 aliphatic rings. The van der Waals surface area contributed by atoms with Gasteiger partial charge >= 0.3 is 0 Å². The molecule has 1 aromatic carbocycles. The van der Waals surface area contributed by atoms with E-state index in [0.717, 1.165) is 6.54 Å². The van der Waals surface area contributed by atoms with Crippen molar-refractivity contribution in [2.45, 2.75) is 32.7 Å². The third-order valence-corrected chi connectivity index (χ3v) is 2.99. The zero-order valence-electron chi connectivity index (χ0n) is 9.21. The molecule has 1 heterocycles. The minimum atomic E-state index is 0. The van der Waals surface area contributed by atoms with Gasteiger partial charge in [-0.1, -0.05) is 0 Å². The van der Waals surface area contributed by atoms with Gasteiger partial charge in [0.2, 0.25) is 0 Å². The van der Waals surface area contributed by atoms with Crippen molar-refractivity contribution in [3.8, 4) is 5.75 Å². The normalized spacial score (nSPS) is 20.0. The Bertz CT molecular complexity index is 322. The standard InChI is InChI=1S/C12H17NO.ClH/c1-8-6-10(14)7-9(2)12(8)11-4-3-5-13-11;/h6-7,11,13-14H,3-5H2,1-2H3;1H/t11-;/m1./s1. The van der Waals surface area contributed by atoms with Crippen molar-refractivity contribution < 1.29 is 5.11 Å². The van der Waals surface area contributed by atoms with Gasteiger partial charge in [-0.15, -0.1) is 12.4 Å². The Kier molecular flexibility index (Phi) is 4.00. The number of aryl methyl sites for hydroxylation is 2. The van der Waals surface area contributed by atoms with Gasteiger partial charge in [-0.05, 0) is 62.1 Å². The van der Waals surface area contributed by atoms with E-state index in [9.17, 15) is 5.11 Å². The van der Waals surface area contributed by atoms with Gasteiger partial charge in [0.05, 0.1) is 0 Å². The predicted octanol–water partition coefficient (Wildman–Crippen LogP) is 2.86. The van der Waals surface area contributed by atoms with Gasteiger partial charge in [0.1, 0.15) is 5.75 Å². The first kappa shape index (κ1) is 12.3. The lowest BCUT2D eigenvalue weighted by Crippen LogP contribution is -2.15. The van der Waals surface area contributed by atoms with Crippen molar-refractivity contribution in [2.75, 3.05) is 6.54 Å². The first-order valence-electron chi connectivity index (χ1n) is 5.22. The predicted molar refractivity (Wildman–Crippen MR) is 64.8 cm³/mol. The van der Waals surface area contributed by atoms with Gasteiger partial charge < -0.3 is 10.4 Å². The van der Waals surface area contributed by atoms with Gasteiger partial charge in [-0.2, -0.15) is 0 Å². The molecule has 1 aromatic rings. The number of benzene rings is 1. The van der Waals surface area contributed by atoms with Crippen molar-refractivity contribution in [3.63, 3.8) is 0 Å². The van der Waals surface area contributed by atoms with Crippen LogP contribution in [0.1, 0.15) is 35.6 Å². The number of aromatic hydroxyl groups is 1. The number of hydrogen-bond donors (Lipinski definition) is 2. The van der Waals surface area contributed by atoms with E-state index in [-0.39, 0.29) is 12.4 Å². The lowest BCUT2D eigenvalue weighted by Gasteiger charge is -2.17. The molecule has 1 atom stereocenters. The summed E-state index contributed by atoms with van der Waals surface area (Å²) in [5.74, 6) is 0.377. The molecule has 0 bridgehead atoms. The zero-order valence-corrected chi connectivity index (χ0v) is 10.0. The Morgan fingerprint density at radius 3 is 2.33 bits per heavy atom. The van der Waals surface area contributed by atoms with Gasteiger partial charge in [-0.25, -0.2) is 0 Å². The highest BCUT2D eigenvalue weighted by Crippen LogP contribution is 2.30. The summed E-state index contributed by atoms with van der Waals surface area (Å²) < 4.78 is 0. The molecule has 1 aliphatic heterocycles. The molecule has 0 aromatic heterocycles. The lowest BCUT2D eigenvalue weighted by molar-refractivity contribution is 0.473. The van der Waals surface area contributed by atoms with E-state index in [1.807, 2.05) is 12.1 Å². The summed E-state index contributed by atoms with van der Waals surface area (Å²) in [6.07, 6.45) is 2.47. The molecule has 0 saturated carbocycles. The van der Waals surface area contributed by atoms with Crippen LogP contribution in [0, 0.1) is 13.8 Å². The average Bonchev–Trinajstić information content (AvgIpc) is 2.54. The molecule has 3 heteroatoms. The lowest BCUT2D eigenvalue weighted by atomic mass is 9.95. The molecule has 84 valence electrons. The van der Waals surface area contributed by atoms with E-state index in [1.54, 1.807) is 0 Å². The molecule has 0 spiro atoms. The Morgan fingerprint density at radius 2 is 1.87 bits per heavy atom. The molecule has 0 amide bonds. The van der Waals surface area contributed by atoms with Crippen LogP contribution in [0.2, 0.25) is 0 Å². The summed E-state index contributed by atoms with van der Waals surface area (Å²) in [5.41, 5.74) is 3.77. The van der Waals surface area contributed by atoms with Crippen molar-refractivity contribution in [1.82, 2.24) is 5.32 Å². The summed E-state index contributed by atoms with van der Waals surface area (Å²) >= 11 is 0. The Balaban J connectivity index is 0.00000112. The molecule has 2 nitrogen and oxygen atoms in total. The van der Waals surface area contributed by atoms with Gasteiger partial charge in [0, 0.05) is 6.04 Å². The quantitative estimate of drug-likeness (QED) is 0.774. The smallest absolute Gasteiger partial charge is 0.116 e. The summed E-state index contributed by atoms with van der Waals surface area (Å²) in [7, 11) is 0. The van der Waals surface area contributed by atoms with E-state index in [2.05, 4.69) is 19.2 Å². The number of nitrogens with one attached hydrogen (secondary N) is 1. The highest BCUT2D eigenvalue weighted by atomic mass is 35.5. The number of hydrogen-bond acceptors (Lipinski definition) is 2. The van der Waals surface area contributed by atoms with Crippen molar-refractivity contribution >= 4 is 12.4 Å². The van der Waals surface area contributed by atoms with E-state index in [1.165, 1.54) is 29.5 Å². The molecule has 2 N–H and O–H groups in total. The molecule has 1 saturated heterocycles. The Hall–Kier alpha value is -0.730. The molecular formula is C12H18ClNO. The second kappa shape index (κ2) is 4.86. The van der Waals surface area contributed by atoms with Crippen molar-refractivity contribution in [1.29, 1.82) is 0 Å². The van der Waals surface area contributed by atoms with E-state index in [0.29, 0.717) is 11.8 Å². The van der Waals surface area contributed by atoms with Crippen LogP contribution in [0.5, 0.6) is 5.75 Å². The number of rotatable bonds is 1. The van der Waals surface area contributed by atoms with Crippen LogP contribution < -0.4 is 5.32 Å². The van der Waals surface area contributed by atoms with Crippen LogP contribution in [0.3, 0.4) is 0 Å². The molecule has 0 unspecified atom stereocenters. The van der Waals surface area contributed by atoms with Crippen LogP contribution in [0.25, 0.3) is 0 Å². The summed E-state index contributed by atoms with van der Waals surface area (Å²) in [4.78, 5) is 0. The van der Waals surface area contributed by atoms with Gasteiger partial charge in [0.25, 0.3) is 0 Å². The summed E-state index contributed by atoms with van der Waals surface area (Å²) in [5, 5.41) is 12.9. The fourth-order valence-electron chi connectivity index (χ4n) is 2.43. The maximum Gasteiger partial charge on any atom is 0.116 e. The van der Waals surface area contributed by atoms with Gasteiger partial charge in [0.15, 0.2) is 0 Å². The minimum absolute atomic E-state index is 0. The molecular weight excluding hydrogens is 210 g/mol. The highest BCUT2D eigenvalue weighted by molar-refractivity contribution is 5.85. The van der Waals surface area contributed by atoms with Crippen LogP contribution in [0.15, 0.2) is 12.1 Å². The topological polar surface area (TPSA) is 32.3 Å². The third-order valence-electron chi connectivity index (χ3n) is 2.99. The highest BCUT2D eigenvalue weighted by Gasteiger charge is 2.19. The Labute approximate surface area is 97.1 Å². The first-order chi connectivity index (χ1) is 6.68. The molecule has 2 rings (SSSR count). The second-order valence-electron chi connectivity index (χ2n) is 4.14. The van der Waals surface area contributed by atoms with Gasteiger partial charge in [-0.3, -0.25) is 0 Å². The second-order valence-corrected chi connectivity index (χ2v) is 4.14. The van der Waals surface area contributed by atoms with Crippen molar-refractivity contribution in [3.05, 3.63) is 28.8 Å². The molecule has 0 radical (unpaired) electrons. The average molecular weight is 228 g/mol. The molecule has 0 aliphatic carbocycles. The fourth-order valence-corrected chi connectivity index (χ4v) is 2.43. The minimum Gasteiger partial charge on any atom is -0.508 e. The van der Waals surface area contributed by atoms with Crippen LogP contribution >= 0.6 is 12.4 Å². The maximum absolute atomic E-state index is 9.44. The van der Waals surface area contributed by atoms with Crippen molar-refractivity contribution in [2.24, 2.45) is 0 Å². The van der Waals surface area contributed by atoms with E-state index < -0.39 is 0 Å². The zero-order chi connectivity index (χ0) is 10.1. The third kappa shape index (κ3) is 2.44. The van der Waals surface area contributed by atoms with Crippen LogP contribution in [-0.4, -0.2) is 11.7 Å². The molecule has 1 fully saturated rings. The number of phenols is 1. The summed E-state index contributed by atoms with van der Waals surface area (Å²) in [6.45, 7) is 5.26. The SMILES string of the molecule is Cc1cc(O)cc(C)c1[C@H]1CCCN1.Cl. The number of phenolic OH excluding ortho intramolecular Hbond substituents is 1. The largest absolute Gasteiger partial charge is 0.508 e. The maximum atomic E-state index is 9.44. The van der Waals surface area contributed by atoms with Crippen LogP contribution in [0.4, 0.5) is 0 Å². The monoisotopic (exact) mass is 227 g/mol.